The number of nitrogens with one attached hydrogen (secondary N) is 2. The van der Waals surface area contributed by atoms with Crippen LogP contribution in [0.4, 0.5) is 24.5 Å². The molecule has 2 aliphatic rings. The van der Waals surface area contributed by atoms with E-state index in [2.05, 4.69) is 10.6 Å². The summed E-state index contributed by atoms with van der Waals surface area (Å²) in [5, 5.41) is 16.5. The zero-order valence-corrected chi connectivity index (χ0v) is 19.2. The van der Waals surface area contributed by atoms with Crippen molar-refractivity contribution in [1.82, 2.24) is 10.2 Å². The number of likely N-dealkylation sites (tertiary alicyclic amines) is 1. The molecule has 0 aliphatic carbocycles. The van der Waals surface area contributed by atoms with Crippen LogP contribution in [0.1, 0.15) is 35.2 Å². The Morgan fingerprint density at radius 3 is 2.59 bits per heavy atom. The van der Waals surface area contributed by atoms with Gasteiger partial charge in [0.1, 0.15) is 11.4 Å². The fraction of sp³-hybridized carbons (Fsp3) is 0.480. The van der Waals surface area contributed by atoms with Gasteiger partial charge in [0.05, 0.1) is 30.0 Å². The van der Waals surface area contributed by atoms with E-state index in [0.717, 1.165) is 45.1 Å². The van der Waals surface area contributed by atoms with Crippen molar-refractivity contribution in [2.75, 3.05) is 44.7 Å². The zero-order chi connectivity index (χ0) is 24.3. The number of nitrogens with zero attached hydrogens (tertiary/aromatic N) is 1. The summed E-state index contributed by atoms with van der Waals surface area (Å²) in [6.07, 6.45) is 3.10. The minimum atomic E-state index is -1.27. The van der Waals surface area contributed by atoms with Gasteiger partial charge >= 0.3 is 0 Å². The van der Waals surface area contributed by atoms with E-state index in [9.17, 15) is 23.1 Å². The third-order valence-corrected chi connectivity index (χ3v) is 6.49. The highest BCUT2D eigenvalue weighted by molar-refractivity contribution is 6.01. The topological polar surface area (TPSA) is 73.8 Å². The summed E-state index contributed by atoms with van der Waals surface area (Å²) in [4.78, 5) is 14.4. The van der Waals surface area contributed by atoms with Gasteiger partial charge in [0.15, 0.2) is 11.6 Å². The van der Waals surface area contributed by atoms with E-state index in [1.54, 1.807) is 13.0 Å². The maximum atomic E-state index is 14.6. The lowest BCUT2D eigenvalue weighted by atomic mass is 9.92. The molecule has 0 atom stereocenters. The second-order valence-corrected chi connectivity index (χ2v) is 9.30. The molecule has 6 nitrogen and oxygen atoms in total. The third-order valence-electron chi connectivity index (χ3n) is 6.49. The normalized spacial score (nSPS) is 18.0. The first-order valence-electron chi connectivity index (χ1n) is 11.6. The van der Waals surface area contributed by atoms with Crippen LogP contribution in [0.5, 0.6) is 0 Å². The first kappa shape index (κ1) is 24.5. The van der Waals surface area contributed by atoms with Crippen LogP contribution >= 0.6 is 0 Å². The molecule has 2 heterocycles. The van der Waals surface area contributed by atoms with Crippen molar-refractivity contribution in [3.63, 3.8) is 0 Å². The van der Waals surface area contributed by atoms with E-state index in [-0.39, 0.29) is 24.3 Å². The van der Waals surface area contributed by atoms with E-state index < -0.39 is 34.6 Å². The van der Waals surface area contributed by atoms with Gasteiger partial charge in [-0.1, -0.05) is 6.07 Å². The number of ether oxygens (including phenoxy) is 1. The van der Waals surface area contributed by atoms with Crippen molar-refractivity contribution in [2.24, 2.45) is 5.92 Å². The van der Waals surface area contributed by atoms with E-state index in [0.29, 0.717) is 18.0 Å². The number of amides is 1. The van der Waals surface area contributed by atoms with Crippen LogP contribution in [0.15, 0.2) is 30.3 Å². The van der Waals surface area contributed by atoms with Crippen LogP contribution in [0.3, 0.4) is 0 Å². The second kappa shape index (κ2) is 10.3. The maximum absolute atomic E-state index is 14.6. The zero-order valence-electron chi connectivity index (χ0n) is 19.2. The minimum Gasteiger partial charge on any atom is -0.385 e. The highest BCUT2D eigenvalue weighted by Gasteiger charge is 2.44. The average molecular weight is 478 g/mol. The lowest BCUT2D eigenvalue weighted by Crippen LogP contribution is -2.67. The summed E-state index contributed by atoms with van der Waals surface area (Å²) >= 11 is 0. The highest BCUT2D eigenvalue weighted by atomic mass is 19.2. The monoisotopic (exact) mass is 477 g/mol. The number of hydrogen-bond acceptors (Lipinski definition) is 5. The SMILES string of the molecule is Cc1ccc(Nc2c(C(=O)N3CC(O)(CNCCC4CCOCC4)C3)ccc(F)c2F)c(F)c1. The fourth-order valence-electron chi connectivity index (χ4n) is 4.46. The van der Waals surface area contributed by atoms with Crippen molar-refractivity contribution in [1.29, 1.82) is 0 Å². The first-order valence-corrected chi connectivity index (χ1v) is 11.6. The number of aryl methyl sites for hydroxylation is 1. The molecule has 2 fully saturated rings. The van der Waals surface area contributed by atoms with Gasteiger partial charge < -0.3 is 25.4 Å². The molecule has 0 aromatic heterocycles. The number of halogens is 3. The van der Waals surface area contributed by atoms with Crippen molar-refractivity contribution in [3.05, 3.63) is 58.9 Å². The molecule has 0 radical (unpaired) electrons. The molecular formula is C25H30F3N3O3. The minimum absolute atomic E-state index is 0.0629. The van der Waals surface area contributed by atoms with E-state index in [1.807, 2.05) is 0 Å². The van der Waals surface area contributed by atoms with Gasteiger partial charge in [0, 0.05) is 19.8 Å². The van der Waals surface area contributed by atoms with Gasteiger partial charge in [-0.15, -0.1) is 0 Å². The van der Waals surface area contributed by atoms with E-state index >= 15 is 0 Å². The van der Waals surface area contributed by atoms with Gasteiger partial charge in [-0.25, -0.2) is 13.2 Å². The fourth-order valence-corrected chi connectivity index (χ4v) is 4.46. The third kappa shape index (κ3) is 5.54. The highest BCUT2D eigenvalue weighted by Crippen LogP contribution is 2.31. The second-order valence-electron chi connectivity index (χ2n) is 9.30. The van der Waals surface area contributed by atoms with Crippen LogP contribution in [0.25, 0.3) is 0 Å². The predicted octanol–water partition coefficient (Wildman–Crippen LogP) is 3.75. The van der Waals surface area contributed by atoms with E-state index in [1.165, 1.54) is 23.1 Å². The van der Waals surface area contributed by atoms with Gasteiger partial charge in [0.2, 0.25) is 0 Å². The molecule has 2 saturated heterocycles. The molecule has 4 rings (SSSR count). The Bertz CT molecular complexity index is 1040. The quantitative estimate of drug-likeness (QED) is 0.505. The van der Waals surface area contributed by atoms with Crippen LogP contribution in [-0.2, 0) is 4.74 Å². The van der Waals surface area contributed by atoms with Crippen LogP contribution in [0.2, 0.25) is 0 Å². The Morgan fingerprint density at radius 1 is 1.15 bits per heavy atom. The molecule has 2 aromatic rings. The number of anilines is 2. The molecule has 2 aromatic carbocycles. The maximum Gasteiger partial charge on any atom is 0.256 e. The number of rotatable bonds is 8. The number of aliphatic hydroxyl groups is 1. The summed E-state index contributed by atoms with van der Waals surface area (Å²) < 4.78 is 48.2. The Morgan fingerprint density at radius 2 is 1.88 bits per heavy atom. The molecule has 0 bridgehead atoms. The Kier molecular flexibility index (Phi) is 7.45. The molecule has 0 spiro atoms. The Labute approximate surface area is 197 Å². The summed E-state index contributed by atoms with van der Waals surface area (Å²) in [6.45, 7) is 4.51. The van der Waals surface area contributed by atoms with Gasteiger partial charge in [-0.05, 0) is 68.5 Å². The van der Waals surface area contributed by atoms with Gasteiger partial charge in [-0.2, -0.15) is 0 Å². The van der Waals surface area contributed by atoms with Crippen LogP contribution in [0, 0.1) is 30.3 Å². The smallest absolute Gasteiger partial charge is 0.256 e. The Balaban J connectivity index is 1.37. The lowest BCUT2D eigenvalue weighted by molar-refractivity contribution is -0.0786. The molecule has 1 amide bonds. The summed E-state index contributed by atoms with van der Waals surface area (Å²) in [5.74, 6) is -3.02. The van der Waals surface area contributed by atoms with Gasteiger partial charge in [0.25, 0.3) is 5.91 Å². The molecule has 3 N–H and O–H groups in total. The van der Waals surface area contributed by atoms with Crippen LogP contribution < -0.4 is 10.6 Å². The largest absolute Gasteiger partial charge is 0.385 e. The number of benzene rings is 2. The summed E-state index contributed by atoms with van der Waals surface area (Å²) in [5.41, 5.74) is -1.05. The average Bonchev–Trinajstić information content (AvgIpc) is 2.80. The van der Waals surface area contributed by atoms with Crippen molar-refractivity contribution >= 4 is 17.3 Å². The van der Waals surface area contributed by atoms with Crippen molar-refractivity contribution < 1.29 is 27.8 Å². The molecule has 2 aliphatic heterocycles. The van der Waals surface area contributed by atoms with Crippen molar-refractivity contribution in [3.8, 4) is 0 Å². The standard InChI is InChI=1S/C25H30F3N3O3/c1-16-2-5-21(20(27)12-16)30-23-18(3-4-19(26)22(23)28)24(32)31-14-25(33,15-31)13-29-9-6-17-7-10-34-11-8-17/h2-5,12,17,29-30,33H,6-11,13-15H2,1H3. The van der Waals surface area contributed by atoms with Crippen molar-refractivity contribution in [2.45, 2.75) is 31.8 Å². The molecule has 34 heavy (non-hydrogen) atoms. The molecule has 184 valence electrons. The molecule has 0 saturated carbocycles. The predicted molar refractivity (Wildman–Crippen MR) is 123 cm³/mol. The van der Waals surface area contributed by atoms with Gasteiger partial charge in [-0.3, -0.25) is 4.79 Å². The molecule has 0 unspecified atom stereocenters. The summed E-state index contributed by atoms with van der Waals surface area (Å²) in [6, 6.07) is 6.31. The molecular weight excluding hydrogens is 447 g/mol. The number of β-amino-alcohol motifs (C(OH)–C–C–N with tert-alkyl or cyclic N) is 1. The molecule has 9 heteroatoms. The van der Waals surface area contributed by atoms with E-state index in [4.69, 9.17) is 4.74 Å². The van der Waals surface area contributed by atoms with Crippen LogP contribution in [-0.4, -0.2) is 60.9 Å². The Hall–Kier alpha value is -2.62. The lowest BCUT2D eigenvalue weighted by Gasteiger charge is -2.46. The number of carbonyl (C=O) groups excluding carboxylic acids is 1. The number of carbonyl (C=O) groups is 1. The number of hydrogen-bond donors (Lipinski definition) is 3. The summed E-state index contributed by atoms with van der Waals surface area (Å²) in [7, 11) is 0. The first-order chi connectivity index (χ1) is 16.3.